The maximum absolute atomic E-state index is 13.3. The minimum Gasteiger partial charge on any atom is -0.591 e. The van der Waals surface area contributed by atoms with E-state index in [-0.39, 0.29) is 5.56 Å². The second kappa shape index (κ2) is 5.51. The van der Waals surface area contributed by atoms with E-state index in [4.69, 9.17) is 5.26 Å². The molecule has 1 aromatic rings. The Hall–Kier alpha value is -1.38. The summed E-state index contributed by atoms with van der Waals surface area (Å²) in [5.74, 6) is -0.500. The second-order valence-electron chi connectivity index (χ2n) is 4.88. The van der Waals surface area contributed by atoms with E-state index in [1.807, 2.05) is 26.8 Å². The van der Waals surface area contributed by atoms with Crippen molar-refractivity contribution < 1.29 is 8.94 Å². The van der Waals surface area contributed by atoms with Gasteiger partial charge in [0.05, 0.1) is 17.3 Å². The SMILES string of the molecule is CC(=N[S+]([O-])C(C)(C)C)c1cc(F)cc(C#N)c1. The van der Waals surface area contributed by atoms with E-state index in [1.165, 1.54) is 12.1 Å². The van der Waals surface area contributed by atoms with Gasteiger partial charge >= 0.3 is 0 Å². The monoisotopic (exact) mass is 266 g/mol. The number of benzene rings is 1. The lowest BCUT2D eigenvalue weighted by molar-refractivity contribution is 0.561. The molecule has 0 aromatic heterocycles. The third kappa shape index (κ3) is 3.83. The first kappa shape index (κ1) is 14.7. The maximum Gasteiger partial charge on any atom is 0.144 e. The standard InChI is InChI=1S/C13H15FN2OS/c1-9(16-18(17)13(2,3)4)11-5-10(8-15)6-12(14)7-11/h5-7H,1-4H3. The van der Waals surface area contributed by atoms with E-state index >= 15 is 0 Å². The fourth-order valence-corrected chi connectivity index (χ4v) is 1.81. The Balaban J connectivity index is 3.12. The average molecular weight is 266 g/mol. The summed E-state index contributed by atoms with van der Waals surface area (Å²) >= 11 is -1.40. The average Bonchev–Trinajstić information content (AvgIpc) is 2.26. The molecule has 1 rings (SSSR count). The van der Waals surface area contributed by atoms with Crippen molar-refractivity contribution >= 4 is 17.1 Å². The van der Waals surface area contributed by atoms with Crippen LogP contribution in [-0.4, -0.2) is 15.0 Å². The van der Waals surface area contributed by atoms with Crippen molar-refractivity contribution in [1.29, 1.82) is 5.26 Å². The first-order valence-electron chi connectivity index (χ1n) is 5.42. The smallest absolute Gasteiger partial charge is 0.144 e. The molecule has 0 spiro atoms. The van der Waals surface area contributed by atoms with Gasteiger partial charge in [-0.25, -0.2) is 4.39 Å². The minimum atomic E-state index is -1.40. The van der Waals surface area contributed by atoms with Crippen LogP contribution in [0.2, 0.25) is 0 Å². The Morgan fingerprint density at radius 2 is 2.00 bits per heavy atom. The lowest BCUT2D eigenvalue weighted by Gasteiger charge is -2.18. The van der Waals surface area contributed by atoms with Crippen LogP contribution >= 0.6 is 0 Å². The van der Waals surface area contributed by atoms with E-state index in [9.17, 15) is 8.94 Å². The molecule has 1 aromatic carbocycles. The van der Waals surface area contributed by atoms with Crippen molar-refractivity contribution in [2.45, 2.75) is 32.4 Å². The van der Waals surface area contributed by atoms with Gasteiger partial charge in [0.1, 0.15) is 21.9 Å². The highest BCUT2D eigenvalue weighted by Gasteiger charge is 2.26. The Labute approximate surface area is 110 Å². The van der Waals surface area contributed by atoms with E-state index in [0.717, 1.165) is 6.07 Å². The number of hydrogen-bond acceptors (Lipinski definition) is 3. The van der Waals surface area contributed by atoms with Crippen molar-refractivity contribution in [3.63, 3.8) is 0 Å². The van der Waals surface area contributed by atoms with Crippen LogP contribution in [0.15, 0.2) is 22.6 Å². The highest BCUT2D eigenvalue weighted by Crippen LogP contribution is 2.19. The molecule has 0 aliphatic rings. The molecule has 0 fully saturated rings. The van der Waals surface area contributed by atoms with E-state index in [2.05, 4.69) is 4.40 Å². The van der Waals surface area contributed by atoms with Gasteiger partial charge in [0.2, 0.25) is 0 Å². The van der Waals surface area contributed by atoms with Gasteiger partial charge < -0.3 is 4.55 Å². The van der Waals surface area contributed by atoms with Crippen LogP contribution in [0.4, 0.5) is 4.39 Å². The van der Waals surface area contributed by atoms with E-state index in [1.54, 1.807) is 6.92 Å². The van der Waals surface area contributed by atoms with Gasteiger partial charge in [-0.1, -0.05) is 4.40 Å². The highest BCUT2D eigenvalue weighted by atomic mass is 32.2. The third-order valence-corrected chi connectivity index (χ3v) is 3.68. The second-order valence-corrected chi connectivity index (χ2v) is 6.78. The van der Waals surface area contributed by atoms with Crippen molar-refractivity contribution in [1.82, 2.24) is 0 Å². The highest BCUT2D eigenvalue weighted by molar-refractivity contribution is 7.91. The molecule has 0 heterocycles. The number of halogens is 1. The van der Waals surface area contributed by atoms with Crippen LogP contribution in [-0.2, 0) is 11.4 Å². The van der Waals surface area contributed by atoms with Crippen molar-refractivity contribution in [2.75, 3.05) is 0 Å². The van der Waals surface area contributed by atoms with Crippen molar-refractivity contribution in [2.24, 2.45) is 4.40 Å². The number of hydrogen-bond donors (Lipinski definition) is 0. The Morgan fingerprint density at radius 3 is 2.50 bits per heavy atom. The molecule has 0 radical (unpaired) electrons. The van der Waals surface area contributed by atoms with Gasteiger partial charge in [-0.05, 0) is 45.9 Å². The molecular formula is C13H15FN2OS. The molecule has 0 aliphatic heterocycles. The summed E-state index contributed by atoms with van der Waals surface area (Å²) < 4.78 is 28.7. The zero-order valence-electron chi connectivity index (χ0n) is 10.8. The van der Waals surface area contributed by atoms with Gasteiger partial charge in [-0.2, -0.15) is 5.26 Å². The summed E-state index contributed by atoms with van der Waals surface area (Å²) in [4.78, 5) is 0. The van der Waals surface area contributed by atoms with Crippen LogP contribution in [0.3, 0.4) is 0 Å². The fraction of sp³-hybridized carbons (Fsp3) is 0.385. The van der Waals surface area contributed by atoms with Gasteiger partial charge in [0.15, 0.2) is 0 Å². The van der Waals surface area contributed by atoms with Gasteiger partial charge in [-0.3, -0.25) is 0 Å². The normalized spacial score (nSPS) is 14.2. The lowest BCUT2D eigenvalue weighted by atomic mass is 10.1. The fourth-order valence-electron chi connectivity index (χ4n) is 1.18. The summed E-state index contributed by atoms with van der Waals surface area (Å²) in [6, 6.07) is 5.83. The Morgan fingerprint density at radius 1 is 1.39 bits per heavy atom. The third-order valence-electron chi connectivity index (χ3n) is 2.19. The van der Waals surface area contributed by atoms with Crippen LogP contribution in [0.5, 0.6) is 0 Å². The van der Waals surface area contributed by atoms with Crippen LogP contribution in [0, 0.1) is 17.1 Å². The van der Waals surface area contributed by atoms with Crippen LogP contribution in [0.25, 0.3) is 0 Å². The zero-order valence-corrected chi connectivity index (χ0v) is 11.6. The summed E-state index contributed by atoms with van der Waals surface area (Å²) in [6.45, 7) is 7.09. The quantitative estimate of drug-likeness (QED) is 0.610. The molecule has 0 amide bonds. The number of rotatable bonds is 2. The lowest BCUT2D eigenvalue weighted by Crippen LogP contribution is -2.26. The molecule has 3 nitrogen and oxygen atoms in total. The summed E-state index contributed by atoms with van der Waals surface area (Å²) in [7, 11) is 0. The number of nitrogens with zero attached hydrogens (tertiary/aromatic N) is 2. The predicted molar refractivity (Wildman–Crippen MR) is 71.2 cm³/mol. The molecule has 18 heavy (non-hydrogen) atoms. The molecular weight excluding hydrogens is 251 g/mol. The van der Waals surface area contributed by atoms with E-state index < -0.39 is 21.9 Å². The summed E-state index contributed by atoms with van der Waals surface area (Å²) in [5, 5.41) is 8.76. The zero-order chi connectivity index (χ0) is 13.9. The summed E-state index contributed by atoms with van der Waals surface area (Å²) in [6.07, 6.45) is 0. The minimum absolute atomic E-state index is 0.223. The molecule has 1 atom stereocenters. The van der Waals surface area contributed by atoms with Gasteiger partial charge in [-0.15, -0.1) is 0 Å². The largest absolute Gasteiger partial charge is 0.591 e. The van der Waals surface area contributed by atoms with Crippen molar-refractivity contribution in [3.8, 4) is 6.07 Å². The number of nitriles is 1. The topological polar surface area (TPSA) is 59.2 Å². The Bertz CT molecular complexity index is 515. The molecule has 5 heteroatoms. The molecule has 0 bridgehead atoms. The molecule has 0 N–H and O–H groups in total. The van der Waals surface area contributed by atoms with Crippen LogP contribution < -0.4 is 0 Å². The predicted octanol–water partition coefficient (Wildman–Crippen LogP) is 2.97. The molecule has 0 saturated heterocycles. The summed E-state index contributed by atoms with van der Waals surface area (Å²) in [5.41, 5.74) is 1.16. The first-order chi connectivity index (χ1) is 8.24. The maximum atomic E-state index is 13.3. The first-order valence-corrected chi connectivity index (χ1v) is 6.53. The Kier molecular flexibility index (Phi) is 4.49. The van der Waals surface area contributed by atoms with E-state index in [0.29, 0.717) is 11.3 Å². The van der Waals surface area contributed by atoms with Gasteiger partial charge in [0, 0.05) is 5.56 Å². The van der Waals surface area contributed by atoms with Crippen LogP contribution in [0.1, 0.15) is 38.8 Å². The molecule has 0 aliphatic carbocycles. The van der Waals surface area contributed by atoms with Crippen molar-refractivity contribution in [3.05, 3.63) is 35.1 Å². The van der Waals surface area contributed by atoms with Gasteiger partial charge in [0.25, 0.3) is 0 Å². The molecule has 1 unspecified atom stereocenters. The molecule has 96 valence electrons. The molecule has 0 saturated carbocycles.